The second-order valence-electron chi connectivity index (χ2n) is 4.86. The molecule has 1 atom stereocenters. The summed E-state index contributed by atoms with van der Waals surface area (Å²) in [5.41, 5.74) is 2.49. The summed E-state index contributed by atoms with van der Waals surface area (Å²) in [4.78, 5) is 9.64. The van der Waals surface area contributed by atoms with Gasteiger partial charge < -0.3 is 10.3 Å². The van der Waals surface area contributed by atoms with Crippen LogP contribution in [-0.4, -0.2) is 34.5 Å². The largest absolute Gasteiger partial charge is 0.347 e. The molecule has 0 saturated carbocycles. The monoisotopic (exact) mass is 272 g/mol. The van der Waals surface area contributed by atoms with E-state index < -0.39 is 0 Å². The Bertz CT molecular complexity index is 462. The number of likely N-dealkylation sites (N-methyl/N-ethyl adjacent to an activating group) is 1. The molecule has 0 aliphatic rings. The number of nitrogens with zero attached hydrogens (tertiary/aromatic N) is 2. The topological polar surface area (TPSA) is 44.0 Å². The van der Waals surface area contributed by atoms with E-state index in [9.17, 15) is 0 Å². The van der Waals surface area contributed by atoms with E-state index in [1.807, 2.05) is 6.20 Å². The standard InChI is InChI=1S/C16H24N4/c1-3-20(4-2)16(14-8-6-5-7-9-14)12-17-10-15-11-18-13-19-15/h5-9,11,13,16-17H,3-4,10,12H2,1-2H3,(H,18,19). The van der Waals surface area contributed by atoms with Crippen LogP contribution in [0.5, 0.6) is 0 Å². The van der Waals surface area contributed by atoms with Gasteiger partial charge in [0, 0.05) is 31.0 Å². The summed E-state index contributed by atoms with van der Waals surface area (Å²) in [7, 11) is 0. The lowest BCUT2D eigenvalue weighted by Gasteiger charge is -2.30. The van der Waals surface area contributed by atoms with Gasteiger partial charge in [-0.15, -0.1) is 0 Å². The first-order chi connectivity index (χ1) is 9.85. The average Bonchev–Trinajstić information content (AvgIpc) is 3.01. The molecule has 20 heavy (non-hydrogen) atoms. The van der Waals surface area contributed by atoms with Crippen molar-refractivity contribution in [3.63, 3.8) is 0 Å². The Balaban J connectivity index is 1.99. The van der Waals surface area contributed by atoms with E-state index in [2.05, 4.69) is 64.4 Å². The molecule has 1 heterocycles. The maximum absolute atomic E-state index is 4.04. The lowest BCUT2D eigenvalue weighted by molar-refractivity contribution is 0.213. The molecule has 2 rings (SSSR count). The zero-order chi connectivity index (χ0) is 14.2. The zero-order valence-electron chi connectivity index (χ0n) is 12.3. The van der Waals surface area contributed by atoms with Gasteiger partial charge in [-0.1, -0.05) is 44.2 Å². The summed E-state index contributed by atoms with van der Waals surface area (Å²) in [6.45, 7) is 8.31. The van der Waals surface area contributed by atoms with E-state index in [0.717, 1.165) is 31.9 Å². The predicted molar refractivity (Wildman–Crippen MR) is 82.4 cm³/mol. The molecule has 0 bridgehead atoms. The first-order valence-electron chi connectivity index (χ1n) is 7.32. The molecule has 4 heteroatoms. The smallest absolute Gasteiger partial charge is 0.0922 e. The van der Waals surface area contributed by atoms with Gasteiger partial charge in [0.15, 0.2) is 0 Å². The number of nitrogens with one attached hydrogen (secondary N) is 2. The van der Waals surface area contributed by atoms with Gasteiger partial charge in [-0.3, -0.25) is 4.90 Å². The van der Waals surface area contributed by atoms with Crippen LogP contribution < -0.4 is 5.32 Å². The van der Waals surface area contributed by atoms with Crippen LogP contribution >= 0.6 is 0 Å². The molecule has 2 aromatic rings. The first kappa shape index (κ1) is 14.8. The highest BCUT2D eigenvalue weighted by atomic mass is 15.2. The minimum Gasteiger partial charge on any atom is -0.347 e. The normalized spacial score (nSPS) is 12.8. The Hall–Kier alpha value is -1.65. The third-order valence-electron chi connectivity index (χ3n) is 3.65. The molecular formula is C16H24N4. The molecule has 0 amide bonds. The molecule has 0 aliphatic carbocycles. The molecule has 1 aromatic heterocycles. The Morgan fingerprint density at radius 3 is 2.55 bits per heavy atom. The molecule has 0 fully saturated rings. The number of hydrogen-bond acceptors (Lipinski definition) is 3. The van der Waals surface area contributed by atoms with Gasteiger partial charge in [0.25, 0.3) is 0 Å². The van der Waals surface area contributed by atoms with Crippen molar-refractivity contribution in [2.24, 2.45) is 0 Å². The molecule has 1 aromatic carbocycles. The molecule has 1 unspecified atom stereocenters. The Kier molecular flexibility index (Phi) is 5.77. The Labute approximate surface area is 121 Å². The van der Waals surface area contributed by atoms with Gasteiger partial charge in [0.2, 0.25) is 0 Å². The van der Waals surface area contributed by atoms with E-state index in [-0.39, 0.29) is 0 Å². The minimum atomic E-state index is 0.411. The second-order valence-corrected chi connectivity index (χ2v) is 4.86. The van der Waals surface area contributed by atoms with Crippen LogP contribution in [-0.2, 0) is 6.54 Å². The fraction of sp³-hybridized carbons (Fsp3) is 0.438. The Morgan fingerprint density at radius 2 is 1.95 bits per heavy atom. The lowest BCUT2D eigenvalue weighted by Crippen LogP contribution is -2.35. The summed E-state index contributed by atoms with van der Waals surface area (Å²) in [5, 5.41) is 3.52. The van der Waals surface area contributed by atoms with Crippen LogP contribution in [0.2, 0.25) is 0 Å². The summed E-state index contributed by atoms with van der Waals surface area (Å²) >= 11 is 0. The Morgan fingerprint density at radius 1 is 1.20 bits per heavy atom. The second kappa shape index (κ2) is 7.82. The lowest BCUT2D eigenvalue weighted by atomic mass is 10.1. The van der Waals surface area contributed by atoms with E-state index in [4.69, 9.17) is 0 Å². The van der Waals surface area contributed by atoms with Gasteiger partial charge in [-0.2, -0.15) is 0 Å². The third-order valence-corrected chi connectivity index (χ3v) is 3.65. The molecule has 0 radical (unpaired) electrons. The maximum Gasteiger partial charge on any atom is 0.0922 e. The van der Waals surface area contributed by atoms with Crippen molar-refractivity contribution in [1.29, 1.82) is 0 Å². The van der Waals surface area contributed by atoms with Crippen molar-refractivity contribution in [3.8, 4) is 0 Å². The highest BCUT2D eigenvalue weighted by Crippen LogP contribution is 2.19. The molecule has 2 N–H and O–H groups in total. The van der Waals surface area contributed by atoms with Crippen molar-refractivity contribution in [2.75, 3.05) is 19.6 Å². The van der Waals surface area contributed by atoms with Crippen LogP contribution in [0.4, 0.5) is 0 Å². The summed E-state index contributed by atoms with van der Waals surface area (Å²) in [6, 6.07) is 11.1. The highest BCUT2D eigenvalue weighted by Gasteiger charge is 2.17. The quantitative estimate of drug-likeness (QED) is 0.776. The number of benzene rings is 1. The minimum absolute atomic E-state index is 0.411. The molecule has 0 saturated heterocycles. The van der Waals surface area contributed by atoms with Crippen LogP contribution in [0, 0.1) is 0 Å². The van der Waals surface area contributed by atoms with Gasteiger partial charge in [-0.25, -0.2) is 4.98 Å². The summed E-state index contributed by atoms with van der Waals surface area (Å²) in [6.07, 6.45) is 3.58. The van der Waals surface area contributed by atoms with E-state index in [1.165, 1.54) is 5.56 Å². The fourth-order valence-corrected chi connectivity index (χ4v) is 2.52. The van der Waals surface area contributed by atoms with Crippen LogP contribution in [0.25, 0.3) is 0 Å². The average molecular weight is 272 g/mol. The summed E-state index contributed by atoms with van der Waals surface area (Å²) < 4.78 is 0. The predicted octanol–water partition coefficient (Wildman–Crippen LogP) is 2.58. The SMILES string of the molecule is CCN(CC)C(CNCc1cnc[nH]1)c1ccccc1. The van der Waals surface area contributed by atoms with E-state index in [1.54, 1.807) is 6.33 Å². The van der Waals surface area contributed by atoms with Crippen LogP contribution in [0.1, 0.15) is 31.1 Å². The van der Waals surface area contributed by atoms with E-state index in [0.29, 0.717) is 6.04 Å². The van der Waals surface area contributed by atoms with Gasteiger partial charge in [-0.05, 0) is 18.7 Å². The van der Waals surface area contributed by atoms with Gasteiger partial charge in [0.05, 0.1) is 6.33 Å². The summed E-state index contributed by atoms with van der Waals surface area (Å²) in [5.74, 6) is 0. The molecular weight excluding hydrogens is 248 g/mol. The molecule has 4 nitrogen and oxygen atoms in total. The molecule has 0 aliphatic heterocycles. The number of imidazole rings is 1. The van der Waals surface area contributed by atoms with Crippen molar-refractivity contribution >= 4 is 0 Å². The van der Waals surface area contributed by atoms with Crippen LogP contribution in [0.3, 0.4) is 0 Å². The third kappa shape index (κ3) is 3.92. The number of H-pyrrole nitrogens is 1. The fourth-order valence-electron chi connectivity index (χ4n) is 2.52. The number of rotatable bonds is 8. The van der Waals surface area contributed by atoms with Gasteiger partial charge in [0.1, 0.15) is 0 Å². The van der Waals surface area contributed by atoms with E-state index >= 15 is 0 Å². The van der Waals surface area contributed by atoms with Crippen molar-refractivity contribution < 1.29 is 0 Å². The van der Waals surface area contributed by atoms with Gasteiger partial charge >= 0.3 is 0 Å². The highest BCUT2D eigenvalue weighted by molar-refractivity contribution is 5.19. The number of hydrogen-bond donors (Lipinski definition) is 2. The van der Waals surface area contributed by atoms with Crippen molar-refractivity contribution in [2.45, 2.75) is 26.4 Å². The molecule has 0 spiro atoms. The van der Waals surface area contributed by atoms with Crippen LogP contribution in [0.15, 0.2) is 42.9 Å². The zero-order valence-corrected chi connectivity index (χ0v) is 12.3. The number of aromatic amines is 1. The van der Waals surface area contributed by atoms with Crippen molar-refractivity contribution in [3.05, 3.63) is 54.1 Å². The first-order valence-corrected chi connectivity index (χ1v) is 7.32. The van der Waals surface area contributed by atoms with Crippen molar-refractivity contribution in [1.82, 2.24) is 20.2 Å². The maximum atomic E-state index is 4.04. The molecule has 108 valence electrons. The number of aromatic nitrogens is 2.